The van der Waals surface area contributed by atoms with E-state index in [-0.39, 0.29) is 12.1 Å². The van der Waals surface area contributed by atoms with Gasteiger partial charge in [0.2, 0.25) is 0 Å². The number of nitrogens with one attached hydrogen (secondary N) is 2. The van der Waals surface area contributed by atoms with Crippen molar-refractivity contribution in [3.63, 3.8) is 0 Å². The van der Waals surface area contributed by atoms with Crippen molar-refractivity contribution in [1.82, 2.24) is 10.6 Å². The molecule has 0 aliphatic rings. The second kappa shape index (κ2) is 10.0. The van der Waals surface area contributed by atoms with Gasteiger partial charge in [-0.15, -0.1) is 0 Å². The number of hydrogen-bond donors (Lipinski definition) is 3. The molecule has 1 unspecified atom stereocenters. The summed E-state index contributed by atoms with van der Waals surface area (Å²) in [5, 5.41) is 17.2. The van der Waals surface area contributed by atoms with Crippen LogP contribution in [0.25, 0.3) is 0 Å². The van der Waals surface area contributed by atoms with Gasteiger partial charge in [0.1, 0.15) is 11.9 Å². The summed E-state index contributed by atoms with van der Waals surface area (Å²) in [6.45, 7) is 3.36. The second-order valence-corrected chi connectivity index (χ2v) is 5.93. The Bertz CT molecular complexity index is 709. The first kappa shape index (κ1) is 19.2. The zero-order chi connectivity index (χ0) is 18.1. The van der Waals surface area contributed by atoms with E-state index in [9.17, 15) is 9.50 Å². The quantitative estimate of drug-likeness (QED) is 0.522. The summed E-state index contributed by atoms with van der Waals surface area (Å²) < 4.78 is 13.7. The summed E-state index contributed by atoms with van der Waals surface area (Å²) in [7, 11) is 0. The van der Waals surface area contributed by atoms with E-state index in [1.807, 2.05) is 31.2 Å². The molecule has 25 heavy (non-hydrogen) atoms. The predicted molar refractivity (Wildman–Crippen MR) is 100 cm³/mol. The zero-order valence-electron chi connectivity index (χ0n) is 14.2. The summed E-state index contributed by atoms with van der Waals surface area (Å²) in [5.41, 5.74) is 1.30. The van der Waals surface area contributed by atoms with Gasteiger partial charge in [-0.05, 0) is 31.0 Å². The van der Waals surface area contributed by atoms with Crippen molar-refractivity contribution in [1.29, 1.82) is 0 Å². The summed E-state index contributed by atoms with van der Waals surface area (Å²) in [6.07, 6.45) is -0.236. The third-order valence-corrected chi connectivity index (χ3v) is 4.04. The number of guanidine groups is 1. The Morgan fingerprint density at radius 3 is 2.60 bits per heavy atom. The molecule has 2 aromatic rings. The van der Waals surface area contributed by atoms with Crippen molar-refractivity contribution in [2.75, 3.05) is 19.6 Å². The molecule has 0 fully saturated rings. The highest BCUT2D eigenvalue weighted by atomic mass is 35.5. The van der Waals surface area contributed by atoms with Crippen molar-refractivity contribution in [2.45, 2.75) is 19.4 Å². The molecule has 0 spiro atoms. The highest BCUT2D eigenvalue weighted by Crippen LogP contribution is 2.17. The molecule has 0 bridgehead atoms. The summed E-state index contributed by atoms with van der Waals surface area (Å²) in [5.74, 6) is 0.145. The highest BCUT2D eigenvalue weighted by molar-refractivity contribution is 6.31. The lowest BCUT2D eigenvalue weighted by Gasteiger charge is -2.14. The molecule has 0 aromatic heterocycles. The lowest BCUT2D eigenvalue weighted by molar-refractivity contribution is 0.182. The van der Waals surface area contributed by atoms with Gasteiger partial charge in [-0.3, -0.25) is 4.99 Å². The first-order valence-electron chi connectivity index (χ1n) is 8.30. The van der Waals surface area contributed by atoms with E-state index in [0.717, 1.165) is 17.0 Å². The molecule has 0 aliphatic heterocycles. The van der Waals surface area contributed by atoms with E-state index < -0.39 is 11.9 Å². The van der Waals surface area contributed by atoms with Gasteiger partial charge in [0.25, 0.3) is 0 Å². The van der Waals surface area contributed by atoms with Crippen LogP contribution in [0, 0.1) is 5.82 Å². The number of nitrogens with zero attached hydrogens (tertiary/aromatic N) is 1. The van der Waals surface area contributed by atoms with Crippen LogP contribution in [0.1, 0.15) is 24.2 Å². The lowest BCUT2D eigenvalue weighted by Crippen LogP contribution is -2.38. The van der Waals surface area contributed by atoms with Crippen LogP contribution in [0.2, 0.25) is 5.02 Å². The number of aliphatic hydroxyl groups is 1. The van der Waals surface area contributed by atoms with Crippen molar-refractivity contribution in [3.05, 3.63) is 70.5 Å². The zero-order valence-corrected chi connectivity index (χ0v) is 14.9. The van der Waals surface area contributed by atoms with E-state index in [2.05, 4.69) is 15.6 Å². The minimum absolute atomic E-state index is 0.0718. The van der Waals surface area contributed by atoms with E-state index in [1.165, 1.54) is 6.07 Å². The SMILES string of the molecule is CCNC(=NCC(O)c1ccccc1F)NCCc1ccccc1Cl. The van der Waals surface area contributed by atoms with Gasteiger partial charge in [0.15, 0.2) is 5.96 Å². The monoisotopic (exact) mass is 363 g/mol. The number of aliphatic imine (C=N–C) groups is 1. The number of benzene rings is 2. The van der Waals surface area contributed by atoms with Gasteiger partial charge in [-0.2, -0.15) is 0 Å². The van der Waals surface area contributed by atoms with E-state index in [0.29, 0.717) is 19.0 Å². The Morgan fingerprint density at radius 1 is 1.16 bits per heavy atom. The van der Waals surface area contributed by atoms with Crippen LogP contribution in [0.5, 0.6) is 0 Å². The molecule has 0 saturated heterocycles. The average molecular weight is 364 g/mol. The van der Waals surface area contributed by atoms with Crippen LogP contribution in [0.15, 0.2) is 53.5 Å². The van der Waals surface area contributed by atoms with Crippen molar-refractivity contribution in [2.24, 2.45) is 4.99 Å². The molecular formula is C19H23ClFN3O. The largest absolute Gasteiger partial charge is 0.386 e. The van der Waals surface area contributed by atoms with Crippen LogP contribution in [-0.4, -0.2) is 30.7 Å². The third kappa shape index (κ3) is 6.03. The molecule has 0 amide bonds. The molecule has 6 heteroatoms. The maximum absolute atomic E-state index is 13.7. The normalized spacial score (nSPS) is 12.7. The molecule has 2 rings (SSSR count). The van der Waals surface area contributed by atoms with Gasteiger partial charge < -0.3 is 15.7 Å². The molecule has 2 aromatic carbocycles. The van der Waals surface area contributed by atoms with Crippen LogP contribution in [-0.2, 0) is 6.42 Å². The van der Waals surface area contributed by atoms with E-state index >= 15 is 0 Å². The fraction of sp³-hybridized carbons (Fsp3) is 0.316. The number of aliphatic hydroxyl groups excluding tert-OH is 1. The Balaban J connectivity index is 1.92. The molecule has 1 atom stereocenters. The van der Waals surface area contributed by atoms with Gasteiger partial charge in [0.05, 0.1) is 6.54 Å². The van der Waals surface area contributed by atoms with Crippen LogP contribution in [0.4, 0.5) is 4.39 Å². The maximum atomic E-state index is 13.7. The molecule has 0 aliphatic carbocycles. The summed E-state index contributed by atoms with van der Waals surface area (Å²) in [6, 6.07) is 13.9. The lowest BCUT2D eigenvalue weighted by atomic mass is 10.1. The van der Waals surface area contributed by atoms with Gasteiger partial charge >= 0.3 is 0 Å². The third-order valence-electron chi connectivity index (χ3n) is 3.68. The standard InChI is InChI=1S/C19H23ClFN3O/c1-2-22-19(23-12-11-14-7-3-5-9-16(14)20)24-13-18(25)15-8-4-6-10-17(15)21/h3-10,18,25H,2,11-13H2,1H3,(H2,22,23,24). The fourth-order valence-electron chi connectivity index (χ4n) is 2.38. The molecule has 0 saturated carbocycles. The maximum Gasteiger partial charge on any atom is 0.191 e. The van der Waals surface area contributed by atoms with Crippen LogP contribution in [0.3, 0.4) is 0 Å². The molecule has 134 valence electrons. The molecule has 0 heterocycles. The molecule has 4 nitrogen and oxygen atoms in total. The Labute approximate surface area is 152 Å². The minimum Gasteiger partial charge on any atom is -0.386 e. The van der Waals surface area contributed by atoms with Crippen molar-refractivity contribution < 1.29 is 9.50 Å². The summed E-state index contributed by atoms with van der Waals surface area (Å²) in [4.78, 5) is 4.33. The van der Waals surface area contributed by atoms with Gasteiger partial charge in [-0.25, -0.2) is 4.39 Å². The van der Waals surface area contributed by atoms with Gasteiger partial charge in [0, 0.05) is 23.7 Å². The predicted octanol–water partition coefficient (Wildman–Crippen LogP) is 3.31. The van der Waals surface area contributed by atoms with Crippen LogP contribution >= 0.6 is 11.6 Å². The van der Waals surface area contributed by atoms with Crippen LogP contribution < -0.4 is 10.6 Å². The first-order valence-corrected chi connectivity index (χ1v) is 8.67. The van der Waals surface area contributed by atoms with Gasteiger partial charge in [-0.1, -0.05) is 48.0 Å². The average Bonchev–Trinajstić information content (AvgIpc) is 2.61. The van der Waals surface area contributed by atoms with Crippen molar-refractivity contribution >= 4 is 17.6 Å². The Morgan fingerprint density at radius 2 is 1.88 bits per heavy atom. The molecule has 3 N–H and O–H groups in total. The van der Waals surface area contributed by atoms with E-state index in [1.54, 1.807) is 18.2 Å². The van der Waals surface area contributed by atoms with Crippen molar-refractivity contribution in [3.8, 4) is 0 Å². The minimum atomic E-state index is -0.986. The Hall–Kier alpha value is -2.11. The number of halogens is 2. The smallest absolute Gasteiger partial charge is 0.191 e. The molecule has 0 radical (unpaired) electrons. The second-order valence-electron chi connectivity index (χ2n) is 5.53. The first-order chi connectivity index (χ1) is 12.1. The number of hydrogen-bond acceptors (Lipinski definition) is 2. The van der Waals surface area contributed by atoms with E-state index in [4.69, 9.17) is 11.6 Å². The Kier molecular flexibility index (Phi) is 7.70. The topological polar surface area (TPSA) is 56.7 Å². The number of rotatable bonds is 7. The molecular weight excluding hydrogens is 341 g/mol. The summed E-state index contributed by atoms with van der Waals surface area (Å²) >= 11 is 6.14. The highest BCUT2D eigenvalue weighted by Gasteiger charge is 2.11. The fourth-order valence-corrected chi connectivity index (χ4v) is 2.61.